The maximum absolute atomic E-state index is 11.1. The molecule has 0 amide bonds. The molecule has 0 aliphatic heterocycles. The molecular formula is C15H15BrN2O3. The molecule has 6 heteroatoms. The Morgan fingerprint density at radius 3 is 2.57 bits per heavy atom. The molecule has 1 atom stereocenters. The van der Waals surface area contributed by atoms with Gasteiger partial charge >= 0.3 is 0 Å². The van der Waals surface area contributed by atoms with Gasteiger partial charge in [-0.25, -0.2) is 0 Å². The van der Waals surface area contributed by atoms with Gasteiger partial charge in [0.05, 0.1) is 11.0 Å². The number of rotatable bonds is 6. The molecule has 0 aliphatic carbocycles. The quantitative estimate of drug-likeness (QED) is 0.612. The monoisotopic (exact) mass is 350 g/mol. The lowest BCUT2D eigenvalue weighted by Crippen LogP contribution is -2.13. The Hall–Kier alpha value is -1.92. The van der Waals surface area contributed by atoms with Gasteiger partial charge in [-0.05, 0) is 24.1 Å². The highest BCUT2D eigenvalue weighted by atomic mass is 79.9. The zero-order chi connectivity index (χ0) is 15.2. The first-order valence-corrected chi connectivity index (χ1v) is 7.27. The van der Waals surface area contributed by atoms with Crippen LogP contribution >= 0.6 is 15.9 Å². The van der Waals surface area contributed by atoms with Gasteiger partial charge in [-0.2, -0.15) is 0 Å². The van der Waals surface area contributed by atoms with E-state index in [0.29, 0.717) is 16.6 Å². The number of nitro benzene ring substituents is 1. The second-order valence-electron chi connectivity index (χ2n) is 4.54. The first-order valence-electron chi connectivity index (χ1n) is 6.48. The summed E-state index contributed by atoms with van der Waals surface area (Å²) in [5.41, 5.74) is 1.41. The predicted octanol–water partition coefficient (Wildman–Crippen LogP) is 3.89. The van der Waals surface area contributed by atoms with E-state index in [2.05, 4.69) is 21.2 Å². The van der Waals surface area contributed by atoms with Gasteiger partial charge in [0.25, 0.3) is 5.69 Å². The number of nitrogens with one attached hydrogen (secondary N) is 1. The van der Waals surface area contributed by atoms with Crippen LogP contribution in [0.4, 0.5) is 11.4 Å². The second-order valence-corrected chi connectivity index (χ2v) is 5.45. The van der Waals surface area contributed by atoms with Crippen molar-refractivity contribution in [3.05, 3.63) is 68.7 Å². The number of aliphatic hydroxyl groups is 1. The minimum Gasteiger partial charge on any atom is -0.396 e. The van der Waals surface area contributed by atoms with Crippen molar-refractivity contribution in [1.82, 2.24) is 0 Å². The third kappa shape index (κ3) is 4.03. The molecule has 0 aromatic heterocycles. The molecule has 0 spiro atoms. The molecule has 0 bridgehead atoms. The zero-order valence-electron chi connectivity index (χ0n) is 11.2. The van der Waals surface area contributed by atoms with Gasteiger partial charge in [0.1, 0.15) is 5.69 Å². The van der Waals surface area contributed by atoms with E-state index in [4.69, 9.17) is 0 Å². The van der Waals surface area contributed by atoms with Gasteiger partial charge in [0.15, 0.2) is 0 Å². The zero-order valence-corrected chi connectivity index (χ0v) is 12.8. The SMILES string of the molecule is O=[N+]([O-])c1cc(Br)ccc1N[C@H](CCO)c1ccccc1. The smallest absolute Gasteiger partial charge is 0.293 e. The largest absolute Gasteiger partial charge is 0.396 e. The maximum Gasteiger partial charge on any atom is 0.293 e. The predicted molar refractivity (Wildman–Crippen MR) is 85.3 cm³/mol. The van der Waals surface area contributed by atoms with Crippen LogP contribution in [0.25, 0.3) is 0 Å². The van der Waals surface area contributed by atoms with Crippen molar-refractivity contribution >= 4 is 27.3 Å². The fraction of sp³-hybridized carbons (Fsp3) is 0.200. The van der Waals surface area contributed by atoms with Crippen LogP contribution in [0.5, 0.6) is 0 Å². The summed E-state index contributed by atoms with van der Waals surface area (Å²) in [5.74, 6) is 0. The van der Waals surface area contributed by atoms with Gasteiger partial charge in [0, 0.05) is 17.1 Å². The number of hydrogen-bond donors (Lipinski definition) is 2. The lowest BCUT2D eigenvalue weighted by Gasteiger charge is -2.19. The lowest BCUT2D eigenvalue weighted by molar-refractivity contribution is -0.384. The fourth-order valence-corrected chi connectivity index (χ4v) is 2.45. The first kappa shape index (κ1) is 15.5. The van der Waals surface area contributed by atoms with E-state index >= 15 is 0 Å². The molecule has 2 aromatic carbocycles. The van der Waals surface area contributed by atoms with Gasteiger partial charge in [-0.15, -0.1) is 0 Å². The number of nitro groups is 1. The minimum atomic E-state index is -0.423. The summed E-state index contributed by atoms with van der Waals surface area (Å²) in [7, 11) is 0. The van der Waals surface area contributed by atoms with Crippen LogP contribution in [0.15, 0.2) is 53.0 Å². The molecule has 0 aliphatic rings. The summed E-state index contributed by atoms with van der Waals surface area (Å²) in [6.07, 6.45) is 0.469. The molecule has 2 N–H and O–H groups in total. The van der Waals surface area contributed by atoms with Crippen molar-refractivity contribution in [3.8, 4) is 0 Å². The summed E-state index contributed by atoms with van der Waals surface area (Å²) in [4.78, 5) is 10.7. The maximum atomic E-state index is 11.1. The number of benzene rings is 2. The Labute approximate surface area is 130 Å². The van der Waals surface area contributed by atoms with Crippen molar-refractivity contribution in [2.24, 2.45) is 0 Å². The van der Waals surface area contributed by atoms with Crippen molar-refractivity contribution in [3.63, 3.8) is 0 Å². The molecule has 0 fully saturated rings. The minimum absolute atomic E-state index is 0.00301. The molecular weight excluding hydrogens is 336 g/mol. The van der Waals surface area contributed by atoms with Crippen LogP contribution in [-0.4, -0.2) is 16.6 Å². The van der Waals surface area contributed by atoms with Crippen LogP contribution < -0.4 is 5.32 Å². The van der Waals surface area contributed by atoms with E-state index < -0.39 is 4.92 Å². The van der Waals surface area contributed by atoms with Crippen LogP contribution in [0.3, 0.4) is 0 Å². The molecule has 0 saturated carbocycles. The van der Waals surface area contributed by atoms with Crippen LogP contribution in [0.1, 0.15) is 18.0 Å². The average Bonchev–Trinajstić information content (AvgIpc) is 2.49. The van der Waals surface area contributed by atoms with Crippen molar-refractivity contribution < 1.29 is 10.0 Å². The summed E-state index contributed by atoms with van der Waals surface area (Å²) in [6, 6.07) is 14.2. The van der Waals surface area contributed by atoms with Crippen molar-refractivity contribution in [2.45, 2.75) is 12.5 Å². The van der Waals surface area contributed by atoms with Crippen molar-refractivity contribution in [1.29, 1.82) is 0 Å². The molecule has 0 unspecified atom stereocenters. The van der Waals surface area contributed by atoms with Gasteiger partial charge < -0.3 is 10.4 Å². The summed E-state index contributed by atoms with van der Waals surface area (Å²) >= 11 is 3.23. The van der Waals surface area contributed by atoms with Crippen LogP contribution in [-0.2, 0) is 0 Å². The van der Waals surface area contributed by atoms with E-state index in [1.807, 2.05) is 30.3 Å². The molecule has 5 nitrogen and oxygen atoms in total. The lowest BCUT2D eigenvalue weighted by atomic mass is 10.0. The highest BCUT2D eigenvalue weighted by Crippen LogP contribution is 2.31. The van der Waals surface area contributed by atoms with E-state index in [9.17, 15) is 15.2 Å². The Kier molecular flexibility index (Phi) is 5.30. The van der Waals surface area contributed by atoms with Crippen LogP contribution in [0.2, 0.25) is 0 Å². The van der Waals surface area contributed by atoms with E-state index in [1.54, 1.807) is 12.1 Å². The summed E-state index contributed by atoms with van der Waals surface area (Å²) in [6.45, 7) is -0.00309. The van der Waals surface area contributed by atoms with Gasteiger partial charge in [0.2, 0.25) is 0 Å². The number of nitrogens with zero attached hydrogens (tertiary/aromatic N) is 1. The molecule has 2 aromatic rings. The first-order chi connectivity index (χ1) is 10.1. The molecule has 110 valence electrons. The molecule has 0 radical (unpaired) electrons. The average molecular weight is 351 g/mol. The van der Waals surface area contributed by atoms with Gasteiger partial charge in [-0.1, -0.05) is 46.3 Å². The molecule has 21 heavy (non-hydrogen) atoms. The highest BCUT2D eigenvalue weighted by molar-refractivity contribution is 9.10. The normalized spacial score (nSPS) is 11.9. The topological polar surface area (TPSA) is 75.4 Å². The third-order valence-electron chi connectivity index (χ3n) is 3.11. The molecule has 0 saturated heterocycles. The molecule has 0 heterocycles. The number of hydrogen-bond acceptors (Lipinski definition) is 4. The number of anilines is 1. The third-order valence-corrected chi connectivity index (χ3v) is 3.60. The summed E-state index contributed by atoms with van der Waals surface area (Å²) < 4.78 is 0.651. The van der Waals surface area contributed by atoms with E-state index in [0.717, 1.165) is 5.56 Å². The van der Waals surface area contributed by atoms with Crippen molar-refractivity contribution in [2.75, 3.05) is 11.9 Å². The Balaban J connectivity index is 2.31. The van der Waals surface area contributed by atoms with Crippen LogP contribution in [0, 0.1) is 10.1 Å². The second kappa shape index (κ2) is 7.19. The molecule has 2 rings (SSSR count). The number of halogens is 1. The Morgan fingerprint density at radius 1 is 1.24 bits per heavy atom. The Bertz CT molecular complexity index is 620. The fourth-order valence-electron chi connectivity index (χ4n) is 2.10. The van der Waals surface area contributed by atoms with E-state index in [-0.39, 0.29) is 18.3 Å². The van der Waals surface area contributed by atoms with Gasteiger partial charge in [-0.3, -0.25) is 10.1 Å². The number of aliphatic hydroxyl groups excluding tert-OH is 1. The van der Waals surface area contributed by atoms with E-state index in [1.165, 1.54) is 6.07 Å². The Morgan fingerprint density at radius 2 is 1.95 bits per heavy atom. The summed E-state index contributed by atoms with van der Waals surface area (Å²) in [5, 5.41) is 23.5. The highest BCUT2D eigenvalue weighted by Gasteiger charge is 2.18. The standard InChI is InChI=1S/C15H15BrN2O3/c16-12-6-7-14(15(10-12)18(20)21)17-13(8-9-19)11-4-2-1-3-5-11/h1-7,10,13,17,19H,8-9H2/t13-/m1/s1.